The second-order valence-corrected chi connectivity index (χ2v) is 4.47. The minimum Gasteiger partial charge on any atom is -0.296 e. The summed E-state index contributed by atoms with van der Waals surface area (Å²) in [5, 5.41) is 8.96. The number of nitriles is 1. The molecule has 5 nitrogen and oxygen atoms in total. The lowest BCUT2D eigenvalue weighted by Crippen LogP contribution is -2.24. The molecule has 0 amide bonds. The van der Waals surface area contributed by atoms with E-state index in [0.29, 0.717) is 18.3 Å². The van der Waals surface area contributed by atoms with Gasteiger partial charge in [-0.25, -0.2) is 9.78 Å². The van der Waals surface area contributed by atoms with Crippen LogP contribution in [0.2, 0.25) is 0 Å². The summed E-state index contributed by atoms with van der Waals surface area (Å²) in [4.78, 5) is 16.1. The number of rotatable bonds is 3. The zero-order chi connectivity index (χ0) is 12.5. The molecule has 5 heteroatoms. The summed E-state index contributed by atoms with van der Waals surface area (Å²) in [6.45, 7) is 0.398. The van der Waals surface area contributed by atoms with Crippen LogP contribution in [0.5, 0.6) is 0 Å². The number of hydrogen-bond acceptors (Lipinski definition) is 3. The Morgan fingerprint density at radius 2 is 2.28 bits per heavy atom. The van der Waals surface area contributed by atoms with Crippen LogP contribution in [0.1, 0.15) is 30.1 Å². The van der Waals surface area contributed by atoms with Gasteiger partial charge in [0, 0.05) is 30.2 Å². The second kappa shape index (κ2) is 4.15. The van der Waals surface area contributed by atoms with Gasteiger partial charge in [-0.3, -0.25) is 9.13 Å². The lowest BCUT2D eigenvalue weighted by atomic mass is 10.2. The molecule has 0 aliphatic heterocycles. The van der Waals surface area contributed by atoms with Crippen molar-refractivity contribution < 1.29 is 0 Å². The Morgan fingerprint density at radius 3 is 3.00 bits per heavy atom. The fourth-order valence-corrected chi connectivity index (χ4v) is 2.03. The van der Waals surface area contributed by atoms with Gasteiger partial charge in [0.25, 0.3) is 0 Å². The van der Waals surface area contributed by atoms with Gasteiger partial charge in [0.1, 0.15) is 11.8 Å². The first-order valence-corrected chi connectivity index (χ1v) is 5.91. The maximum absolute atomic E-state index is 12.1. The molecule has 18 heavy (non-hydrogen) atoms. The summed E-state index contributed by atoms with van der Waals surface area (Å²) in [5.41, 5.74) is 1.14. The molecule has 1 aliphatic rings. The van der Waals surface area contributed by atoms with Crippen LogP contribution in [0.15, 0.2) is 35.5 Å². The summed E-state index contributed by atoms with van der Waals surface area (Å²) in [5.74, 6) is 0. The Hall–Kier alpha value is -2.35. The van der Waals surface area contributed by atoms with Gasteiger partial charge in [0.2, 0.25) is 0 Å². The number of aromatic nitrogens is 3. The van der Waals surface area contributed by atoms with Crippen molar-refractivity contribution in [3.63, 3.8) is 0 Å². The van der Waals surface area contributed by atoms with E-state index in [1.54, 1.807) is 27.6 Å². The lowest BCUT2D eigenvalue weighted by molar-refractivity contribution is 0.655. The molecule has 1 saturated carbocycles. The molecular formula is C13H12N4O. The Balaban J connectivity index is 1.93. The van der Waals surface area contributed by atoms with Gasteiger partial charge in [-0.1, -0.05) is 6.07 Å². The van der Waals surface area contributed by atoms with Gasteiger partial charge in [-0.2, -0.15) is 5.26 Å². The molecule has 0 unspecified atom stereocenters. The molecule has 0 saturated heterocycles. The van der Waals surface area contributed by atoms with Crippen molar-refractivity contribution in [2.24, 2.45) is 0 Å². The highest BCUT2D eigenvalue weighted by Crippen LogP contribution is 2.33. The Kier molecular flexibility index (Phi) is 2.49. The topological polar surface area (TPSA) is 63.6 Å². The van der Waals surface area contributed by atoms with Crippen LogP contribution >= 0.6 is 0 Å². The van der Waals surface area contributed by atoms with Crippen LogP contribution in [0, 0.1) is 11.3 Å². The van der Waals surface area contributed by atoms with E-state index in [-0.39, 0.29) is 5.69 Å². The standard InChI is InChI=1S/C13H12N4O/c14-8-12-10(2-1-5-15-12)9-16-6-7-17(13(16)18)11-3-4-11/h1-2,5-7,11H,3-4,9H2. The average Bonchev–Trinajstić information content (AvgIpc) is 3.17. The molecule has 0 radical (unpaired) electrons. The monoisotopic (exact) mass is 240 g/mol. The molecule has 0 N–H and O–H groups in total. The molecule has 2 heterocycles. The third-order valence-electron chi connectivity index (χ3n) is 3.15. The molecule has 0 bridgehead atoms. The van der Waals surface area contributed by atoms with Crippen LogP contribution in [-0.2, 0) is 6.54 Å². The summed E-state index contributed by atoms with van der Waals surface area (Å²) in [7, 11) is 0. The molecule has 0 spiro atoms. The van der Waals surface area contributed by atoms with Crippen molar-refractivity contribution in [1.82, 2.24) is 14.1 Å². The van der Waals surface area contributed by atoms with Crippen molar-refractivity contribution in [1.29, 1.82) is 5.26 Å². The maximum atomic E-state index is 12.1. The number of pyridine rings is 1. The van der Waals surface area contributed by atoms with Gasteiger partial charge >= 0.3 is 5.69 Å². The van der Waals surface area contributed by atoms with E-state index >= 15 is 0 Å². The molecule has 1 fully saturated rings. The van der Waals surface area contributed by atoms with Crippen molar-refractivity contribution in [2.45, 2.75) is 25.4 Å². The second-order valence-electron chi connectivity index (χ2n) is 4.47. The van der Waals surface area contributed by atoms with E-state index in [1.807, 2.05) is 18.3 Å². The minimum absolute atomic E-state index is 0.00903. The summed E-state index contributed by atoms with van der Waals surface area (Å²) >= 11 is 0. The van der Waals surface area contributed by atoms with E-state index in [0.717, 1.165) is 18.4 Å². The van der Waals surface area contributed by atoms with Gasteiger partial charge in [0.15, 0.2) is 0 Å². The van der Waals surface area contributed by atoms with E-state index in [4.69, 9.17) is 5.26 Å². The molecule has 2 aromatic rings. The highest BCUT2D eigenvalue weighted by molar-refractivity contribution is 5.30. The van der Waals surface area contributed by atoms with Crippen molar-refractivity contribution >= 4 is 0 Å². The molecule has 90 valence electrons. The first-order chi connectivity index (χ1) is 8.79. The van der Waals surface area contributed by atoms with E-state index in [2.05, 4.69) is 4.98 Å². The first kappa shape index (κ1) is 10.8. The van der Waals surface area contributed by atoms with Gasteiger partial charge in [-0.15, -0.1) is 0 Å². The highest BCUT2D eigenvalue weighted by Gasteiger charge is 2.25. The van der Waals surface area contributed by atoms with Crippen LogP contribution in [0.4, 0.5) is 0 Å². The number of imidazole rings is 1. The molecule has 2 aromatic heterocycles. The molecule has 1 aliphatic carbocycles. The predicted octanol–water partition coefficient (Wildman–Crippen LogP) is 1.30. The minimum atomic E-state index is -0.00903. The maximum Gasteiger partial charge on any atom is 0.328 e. The van der Waals surface area contributed by atoms with Gasteiger partial charge in [0.05, 0.1) is 6.54 Å². The zero-order valence-electron chi connectivity index (χ0n) is 9.78. The van der Waals surface area contributed by atoms with Crippen LogP contribution in [0.3, 0.4) is 0 Å². The molecule has 0 atom stereocenters. The van der Waals surface area contributed by atoms with Crippen molar-refractivity contribution in [2.75, 3.05) is 0 Å². The predicted molar refractivity (Wildman–Crippen MR) is 65.0 cm³/mol. The fraction of sp³-hybridized carbons (Fsp3) is 0.308. The summed E-state index contributed by atoms with van der Waals surface area (Å²) in [6, 6.07) is 6.02. The van der Waals surface area contributed by atoms with E-state index < -0.39 is 0 Å². The summed E-state index contributed by atoms with van der Waals surface area (Å²) < 4.78 is 3.39. The van der Waals surface area contributed by atoms with Gasteiger partial charge in [-0.05, 0) is 18.9 Å². The highest BCUT2D eigenvalue weighted by atomic mass is 16.1. The van der Waals surface area contributed by atoms with Crippen molar-refractivity contribution in [3.8, 4) is 6.07 Å². The average molecular weight is 240 g/mol. The Labute approximate surface area is 104 Å². The molecule has 0 aromatic carbocycles. The van der Waals surface area contributed by atoms with Crippen LogP contribution < -0.4 is 5.69 Å². The van der Waals surface area contributed by atoms with E-state index in [9.17, 15) is 4.79 Å². The molecule has 3 rings (SSSR count). The normalized spacial score (nSPS) is 14.4. The largest absolute Gasteiger partial charge is 0.328 e. The molecular weight excluding hydrogens is 228 g/mol. The zero-order valence-corrected chi connectivity index (χ0v) is 9.78. The Morgan fingerprint density at radius 1 is 1.44 bits per heavy atom. The van der Waals surface area contributed by atoms with Crippen molar-refractivity contribution in [3.05, 3.63) is 52.5 Å². The van der Waals surface area contributed by atoms with Crippen LogP contribution in [0.25, 0.3) is 0 Å². The van der Waals surface area contributed by atoms with Gasteiger partial charge < -0.3 is 0 Å². The fourth-order valence-electron chi connectivity index (χ4n) is 2.03. The third-order valence-corrected chi connectivity index (χ3v) is 3.15. The third kappa shape index (κ3) is 1.82. The van der Waals surface area contributed by atoms with Crippen LogP contribution in [-0.4, -0.2) is 14.1 Å². The lowest BCUT2D eigenvalue weighted by Gasteiger charge is -2.03. The van der Waals surface area contributed by atoms with E-state index in [1.165, 1.54) is 0 Å². The Bertz CT molecular complexity index is 673. The smallest absolute Gasteiger partial charge is 0.296 e. The number of nitrogens with zero attached hydrogens (tertiary/aromatic N) is 4. The summed E-state index contributed by atoms with van der Waals surface area (Å²) in [6.07, 6.45) is 7.35. The first-order valence-electron chi connectivity index (χ1n) is 5.91. The number of hydrogen-bond donors (Lipinski definition) is 0. The quantitative estimate of drug-likeness (QED) is 0.812. The SMILES string of the molecule is N#Cc1ncccc1Cn1ccn(C2CC2)c1=O.